The largest absolute Gasteiger partial charge is 0.299 e. The van der Waals surface area contributed by atoms with Crippen LogP contribution in [-0.4, -0.2) is 16.6 Å². The van der Waals surface area contributed by atoms with E-state index in [1.54, 1.807) is 5.51 Å². The summed E-state index contributed by atoms with van der Waals surface area (Å²) in [5.74, 6) is -0.164. The Morgan fingerprint density at radius 1 is 1.43 bits per heavy atom. The number of Topliss-reactive ketones (excluding diaryl/α,β-unsaturated/α-hetero) is 2. The highest BCUT2D eigenvalue weighted by molar-refractivity contribution is 7.11. The highest BCUT2D eigenvalue weighted by Crippen LogP contribution is 2.19. The summed E-state index contributed by atoms with van der Waals surface area (Å²) < 4.78 is 0. The van der Waals surface area contributed by atoms with Crippen LogP contribution in [0.2, 0.25) is 0 Å². The zero-order valence-corrected chi connectivity index (χ0v) is 9.35. The fourth-order valence-electron chi connectivity index (χ4n) is 0.852. The molecule has 0 aliphatic heterocycles. The predicted octanol–water partition coefficient (Wildman–Crippen LogP) is 2.33. The molecule has 14 heavy (non-hydrogen) atoms. The van der Waals surface area contributed by atoms with Gasteiger partial charge in [0.05, 0.1) is 16.8 Å². The predicted molar refractivity (Wildman–Crippen MR) is 55.5 cm³/mol. The average molecular weight is 211 g/mol. The molecule has 1 aromatic rings. The Bertz CT molecular complexity index is 336. The van der Waals surface area contributed by atoms with Gasteiger partial charge in [0.15, 0.2) is 5.78 Å². The standard InChI is InChI=1S/C10H13NO2S/c1-10(2,3)9(13)4-7(12)8-5-11-6-14-8/h5-6H,4H2,1-3H3. The smallest absolute Gasteiger partial charge is 0.181 e. The fraction of sp³-hybridized carbons (Fsp3) is 0.500. The first-order valence-electron chi connectivity index (χ1n) is 4.36. The molecule has 0 unspecified atom stereocenters. The Hall–Kier alpha value is -1.03. The first kappa shape index (κ1) is 11.0. The third-order valence-corrected chi connectivity index (χ3v) is 2.68. The zero-order valence-electron chi connectivity index (χ0n) is 8.53. The summed E-state index contributed by atoms with van der Waals surface area (Å²) in [7, 11) is 0. The van der Waals surface area contributed by atoms with Gasteiger partial charge in [0.2, 0.25) is 0 Å². The molecule has 1 rings (SSSR count). The molecule has 0 atom stereocenters. The van der Waals surface area contributed by atoms with E-state index in [4.69, 9.17) is 0 Å². The maximum Gasteiger partial charge on any atom is 0.181 e. The lowest BCUT2D eigenvalue weighted by Crippen LogP contribution is -2.22. The van der Waals surface area contributed by atoms with Crippen molar-refractivity contribution in [3.8, 4) is 0 Å². The summed E-state index contributed by atoms with van der Waals surface area (Å²) >= 11 is 1.27. The van der Waals surface area contributed by atoms with Gasteiger partial charge in [-0.05, 0) is 0 Å². The van der Waals surface area contributed by atoms with Crippen molar-refractivity contribution in [3.05, 3.63) is 16.6 Å². The van der Waals surface area contributed by atoms with E-state index in [1.165, 1.54) is 17.5 Å². The summed E-state index contributed by atoms with van der Waals surface area (Å²) in [6, 6.07) is 0. The maximum atomic E-state index is 11.5. The first-order chi connectivity index (χ1) is 6.41. The van der Waals surface area contributed by atoms with Gasteiger partial charge in [-0.1, -0.05) is 20.8 Å². The van der Waals surface area contributed by atoms with Gasteiger partial charge in [0.25, 0.3) is 0 Å². The van der Waals surface area contributed by atoms with Crippen molar-refractivity contribution in [3.63, 3.8) is 0 Å². The second-order valence-corrected chi connectivity index (χ2v) is 5.03. The quantitative estimate of drug-likeness (QED) is 0.569. The number of carbonyl (C=O) groups is 2. The molecule has 0 aromatic carbocycles. The molecule has 0 N–H and O–H groups in total. The second kappa shape index (κ2) is 4.00. The van der Waals surface area contributed by atoms with Crippen molar-refractivity contribution in [2.24, 2.45) is 5.41 Å². The van der Waals surface area contributed by atoms with Crippen molar-refractivity contribution in [1.82, 2.24) is 4.98 Å². The maximum absolute atomic E-state index is 11.5. The summed E-state index contributed by atoms with van der Waals surface area (Å²) in [4.78, 5) is 27.4. The van der Waals surface area contributed by atoms with Crippen molar-refractivity contribution < 1.29 is 9.59 Å². The monoisotopic (exact) mass is 211 g/mol. The van der Waals surface area contributed by atoms with E-state index in [1.807, 2.05) is 20.8 Å². The number of aromatic nitrogens is 1. The van der Waals surface area contributed by atoms with Crippen molar-refractivity contribution in [2.75, 3.05) is 0 Å². The molecule has 0 saturated heterocycles. The second-order valence-electron chi connectivity index (χ2n) is 4.14. The van der Waals surface area contributed by atoms with Gasteiger partial charge >= 0.3 is 0 Å². The lowest BCUT2D eigenvalue weighted by atomic mass is 9.88. The molecule has 0 aliphatic carbocycles. The number of thiazole rings is 1. The minimum Gasteiger partial charge on any atom is -0.299 e. The van der Waals surface area contributed by atoms with Crippen molar-refractivity contribution in [1.29, 1.82) is 0 Å². The summed E-state index contributed by atoms with van der Waals surface area (Å²) in [6.07, 6.45) is 1.48. The Kier molecular flexibility index (Phi) is 3.16. The van der Waals surface area contributed by atoms with E-state index < -0.39 is 5.41 Å². The van der Waals surface area contributed by atoms with Gasteiger partial charge in [-0.3, -0.25) is 14.6 Å². The zero-order chi connectivity index (χ0) is 10.8. The number of hydrogen-bond donors (Lipinski definition) is 0. The van der Waals surface area contributed by atoms with Gasteiger partial charge in [-0.15, -0.1) is 11.3 Å². The van der Waals surface area contributed by atoms with Crippen LogP contribution in [-0.2, 0) is 4.79 Å². The number of rotatable bonds is 3. The fourth-order valence-corrected chi connectivity index (χ4v) is 1.41. The molecule has 0 fully saturated rings. The van der Waals surface area contributed by atoms with E-state index in [9.17, 15) is 9.59 Å². The Balaban J connectivity index is 2.63. The number of carbonyl (C=O) groups excluding carboxylic acids is 2. The van der Waals surface area contributed by atoms with Crippen LogP contribution < -0.4 is 0 Å². The van der Waals surface area contributed by atoms with Gasteiger partial charge in [-0.2, -0.15) is 0 Å². The van der Waals surface area contributed by atoms with E-state index in [2.05, 4.69) is 4.98 Å². The van der Waals surface area contributed by atoms with Crippen molar-refractivity contribution in [2.45, 2.75) is 27.2 Å². The third-order valence-electron chi connectivity index (χ3n) is 1.86. The van der Waals surface area contributed by atoms with E-state index >= 15 is 0 Å². The van der Waals surface area contributed by atoms with Crippen LogP contribution >= 0.6 is 11.3 Å². The molecular weight excluding hydrogens is 198 g/mol. The van der Waals surface area contributed by atoms with Crippen LogP contribution in [0, 0.1) is 5.41 Å². The molecule has 0 radical (unpaired) electrons. The minimum absolute atomic E-state index is 0.0221. The molecule has 0 amide bonds. The lowest BCUT2D eigenvalue weighted by Gasteiger charge is -2.15. The van der Waals surface area contributed by atoms with Gasteiger partial charge in [0, 0.05) is 11.6 Å². The van der Waals surface area contributed by atoms with Crippen LogP contribution in [0.5, 0.6) is 0 Å². The highest BCUT2D eigenvalue weighted by atomic mass is 32.1. The summed E-state index contributed by atoms with van der Waals surface area (Å²) in [5, 5.41) is 0. The topological polar surface area (TPSA) is 47.0 Å². The average Bonchev–Trinajstić information content (AvgIpc) is 2.53. The first-order valence-corrected chi connectivity index (χ1v) is 5.24. The molecule has 76 valence electrons. The van der Waals surface area contributed by atoms with Gasteiger partial charge < -0.3 is 0 Å². The normalized spacial score (nSPS) is 11.4. The Morgan fingerprint density at radius 3 is 2.50 bits per heavy atom. The SMILES string of the molecule is CC(C)(C)C(=O)CC(=O)c1cncs1. The number of hydrogen-bond acceptors (Lipinski definition) is 4. The van der Waals surface area contributed by atoms with Crippen LogP contribution in [0.4, 0.5) is 0 Å². The van der Waals surface area contributed by atoms with Crippen LogP contribution in [0.1, 0.15) is 36.9 Å². The molecule has 1 aromatic heterocycles. The highest BCUT2D eigenvalue weighted by Gasteiger charge is 2.24. The van der Waals surface area contributed by atoms with Crippen molar-refractivity contribution >= 4 is 22.9 Å². The van der Waals surface area contributed by atoms with E-state index in [0.717, 1.165) is 0 Å². The number of ketones is 2. The molecule has 4 heteroatoms. The molecule has 3 nitrogen and oxygen atoms in total. The number of nitrogens with zero attached hydrogens (tertiary/aromatic N) is 1. The minimum atomic E-state index is -0.444. The lowest BCUT2D eigenvalue weighted by molar-refractivity contribution is -0.125. The molecule has 0 aliphatic rings. The van der Waals surface area contributed by atoms with Crippen LogP contribution in [0.25, 0.3) is 0 Å². The Morgan fingerprint density at radius 2 is 2.07 bits per heavy atom. The van der Waals surface area contributed by atoms with Crippen LogP contribution in [0.3, 0.4) is 0 Å². The molecule has 0 spiro atoms. The summed E-state index contributed by atoms with van der Waals surface area (Å²) in [6.45, 7) is 5.44. The molecule has 1 heterocycles. The Labute approximate surface area is 87.2 Å². The van der Waals surface area contributed by atoms with Gasteiger partial charge in [0.1, 0.15) is 5.78 Å². The molecule has 0 saturated carbocycles. The molecule has 0 bridgehead atoms. The van der Waals surface area contributed by atoms with Crippen LogP contribution in [0.15, 0.2) is 11.7 Å². The molecular formula is C10H13NO2S. The summed E-state index contributed by atoms with van der Waals surface area (Å²) in [5.41, 5.74) is 1.15. The van der Waals surface area contributed by atoms with E-state index in [0.29, 0.717) is 4.88 Å². The van der Waals surface area contributed by atoms with Gasteiger partial charge in [-0.25, -0.2) is 0 Å². The van der Waals surface area contributed by atoms with E-state index in [-0.39, 0.29) is 18.0 Å². The third kappa shape index (κ3) is 2.73.